The molecule has 0 aliphatic carbocycles. The quantitative estimate of drug-likeness (QED) is 0.500. The number of benzene rings is 2. The summed E-state index contributed by atoms with van der Waals surface area (Å²) in [5.41, 5.74) is 2.76. The summed E-state index contributed by atoms with van der Waals surface area (Å²) in [4.78, 5) is 24.7. The number of hydrogen-bond acceptors (Lipinski definition) is 5. The molecule has 8 heteroatoms. The number of hydrogen-bond donors (Lipinski definition) is 2. The molecule has 2 aromatic carbocycles. The first kappa shape index (κ1) is 22.6. The van der Waals surface area contributed by atoms with E-state index in [1.807, 2.05) is 67.8 Å². The summed E-state index contributed by atoms with van der Waals surface area (Å²) in [6.45, 7) is 6.98. The minimum atomic E-state index is -0.317. The SMILES string of the molecule is CCn1c(SCC(=O)NCc2ccccc2)nnc1[C@H](C)NC(=O)c1ccc(C)cc1. The van der Waals surface area contributed by atoms with Crippen LogP contribution in [0, 0.1) is 6.92 Å². The summed E-state index contributed by atoms with van der Waals surface area (Å²) in [5, 5.41) is 15.0. The minimum absolute atomic E-state index is 0.0678. The van der Waals surface area contributed by atoms with Gasteiger partial charge in [0, 0.05) is 18.7 Å². The van der Waals surface area contributed by atoms with Crippen LogP contribution in [0.3, 0.4) is 0 Å². The molecule has 1 atom stereocenters. The van der Waals surface area contributed by atoms with Crippen molar-refractivity contribution in [3.05, 3.63) is 77.1 Å². The predicted molar refractivity (Wildman–Crippen MR) is 122 cm³/mol. The van der Waals surface area contributed by atoms with Gasteiger partial charge in [0.1, 0.15) is 0 Å². The maximum absolute atomic E-state index is 12.5. The lowest BCUT2D eigenvalue weighted by molar-refractivity contribution is -0.118. The van der Waals surface area contributed by atoms with Gasteiger partial charge in [-0.1, -0.05) is 59.8 Å². The standard InChI is InChI=1S/C23H27N5O2S/c1-4-28-21(17(3)25-22(30)19-12-10-16(2)11-13-19)26-27-23(28)31-15-20(29)24-14-18-8-6-5-7-9-18/h5-13,17H,4,14-15H2,1-3H3,(H,24,29)(H,25,30)/t17-/m0/s1. The van der Waals surface area contributed by atoms with Crippen LogP contribution in [-0.2, 0) is 17.9 Å². The lowest BCUT2D eigenvalue weighted by atomic mass is 10.1. The van der Waals surface area contributed by atoms with E-state index in [1.54, 1.807) is 12.1 Å². The number of amides is 2. The highest BCUT2D eigenvalue weighted by Gasteiger charge is 2.20. The average molecular weight is 438 g/mol. The van der Waals surface area contributed by atoms with Crippen molar-refractivity contribution in [2.45, 2.75) is 45.1 Å². The van der Waals surface area contributed by atoms with E-state index in [-0.39, 0.29) is 23.6 Å². The topological polar surface area (TPSA) is 88.9 Å². The molecule has 0 bridgehead atoms. The van der Waals surface area contributed by atoms with Crippen molar-refractivity contribution in [2.75, 3.05) is 5.75 Å². The lowest BCUT2D eigenvalue weighted by Gasteiger charge is -2.15. The zero-order chi connectivity index (χ0) is 22.2. The fraction of sp³-hybridized carbons (Fsp3) is 0.304. The van der Waals surface area contributed by atoms with Crippen molar-refractivity contribution < 1.29 is 9.59 Å². The molecular weight excluding hydrogens is 410 g/mol. The molecule has 1 heterocycles. The summed E-state index contributed by atoms with van der Waals surface area (Å²) in [7, 11) is 0. The van der Waals surface area contributed by atoms with Crippen LogP contribution >= 0.6 is 11.8 Å². The van der Waals surface area contributed by atoms with Crippen LogP contribution in [0.5, 0.6) is 0 Å². The molecule has 0 spiro atoms. The van der Waals surface area contributed by atoms with Gasteiger partial charge in [0.2, 0.25) is 5.91 Å². The van der Waals surface area contributed by atoms with Crippen molar-refractivity contribution in [2.24, 2.45) is 0 Å². The van der Waals surface area contributed by atoms with Crippen LogP contribution in [0.15, 0.2) is 59.8 Å². The Bertz CT molecular complexity index is 1020. The number of nitrogens with zero attached hydrogens (tertiary/aromatic N) is 3. The van der Waals surface area contributed by atoms with Crippen molar-refractivity contribution in [1.82, 2.24) is 25.4 Å². The van der Waals surface area contributed by atoms with Crippen LogP contribution in [0.2, 0.25) is 0 Å². The summed E-state index contributed by atoms with van der Waals surface area (Å²) < 4.78 is 1.93. The van der Waals surface area contributed by atoms with Crippen molar-refractivity contribution in [1.29, 1.82) is 0 Å². The first-order valence-electron chi connectivity index (χ1n) is 10.2. The minimum Gasteiger partial charge on any atom is -0.351 e. The number of aryl methyl sites for hydroxylation is 1. The Morgan fingerprint density at radius 3 is 2.45 bits per heavy atom. The second kappa shape index (κ2) is 10.8. The van der Waals surface area contributed by atoms with Crippen molar-refractivity contribution in [3.8, 4) is 0 Å². The van der Waals surface area contributed by atoms with Crippen LogP contribution in [-0.4, -0.2) is 32.3 Å². The largest absolute Gasteiger partial charge is 0.351 e. The van der Waals surface area contributed by atoms with E-state index in [1.165, 1.54) is 11.8 Å². The Balaban J connectivity index is 1.57. The third-order valence-corrected chi connectivity index (χ3v) is 5.74. The zero-order valence-electron chi connectivity index (χ0n) is 18.0. The van der Waals surface area contributed by atoms with Gasteiger partial charge in [-0.15, -0.1) is 10.2 Å². The van der Waals surface area contributed by atoms with Gasteiger partial charge in [0.25, 0.3) is 5.91 Å². The maximum Gasteiger partial charge on any atom is 0.251 e. The molecule has 7 nitrogen and oxygen atoms in total. The smallest absolute Gasteiger partial charge is 0.251 e. The molecule has 0 saturated carbocycles. The van der Waals surface area contributed by atoms with Crippen molar-refractivity contribution in [3.63, 3.8) is 0 Å². The molecule has 2 N–H and O–H groups in total. The molecule has 0 radical (unpaired) electrons. The van der Waals surface area contributed by atoms with Gasteiger partial charge in [0.05, 0.1) is 11.8 Å². The molecule has 2 amide bonds. The number of carbonyl (C=O) groups excluding carboxylic acids is 2. The number of nitrogens with one attached hydrogen (secondary N) is 2. The van der Waals surface area contributed by atoms with E-state index in [0.29, 0.717) is 29.6 Å². The lowest BCUT2D eigenvalue weighted by Crippen LogP contribution is -2.28. The fourth-order valence-electron chi connectivity index (χ4n) is 3.05. The molecule has 0 aliphatic rings. The molecule has 0 unspecified atom stereocenters. The second-order valence-corrected chi connectivity index (χ2v) is 8.14. The van der Waals surface area contributed by atoms with E-state index in [9.17, 15) is 9.59 Å². The Hall–Kier alpha value is -3.13. The van der Waals surface area contributed by atoms with Crippen LogP contribution < -0.4 is 10.6 Å². The molecule has 1 aromatic heterocycles. The fourth-order valence-corrected chi connectivity index (χ4v) is 3.89. The Labute approximate surface area is 186 Å². The summed E-state index contributed by atoms with van der Waals surface area (Å²) in [5.74, 6) is 0.680. The first-order valence-corrected chi connectivity index (χ1v) is 11.2. The number of thioether (sulfide) groups is 1. The van der Waals surface area contributed by atoms with Gasteiger partial charge >= 0.3 is 0 Å². The molecule has 31 heavy (non-hydrogen) atoms. The van der Waals surface area contributed by atoms with Gasteiger partial charge < -0.3 is 15.2 Å². The predicted octanol–water partition coefficient (Wildman–Crippen LogP) is 3.51. The highest BCUT2D eigenvalue weighted by atomic mass is 32.2. The summed E-state index contributed by atoms with van der Waals surface area (Å²) in [6, 6.07) is 16.9. The van der Waals surface area contributed by atoms with Crippen LogP contribution in [0.4, 0.5) is 0 Å². The van der Waals surface area contributed by atoms with E-state index >= 15 is 0 Å². The third kappa shape index (κ3) is 6.18. The average Bonchev–Trinajstić information content (AvgIpc) is 3.20. The zero-order valence-corrected chi connectivity index (χ0v) is 18.8. The highest BCUT2D eigenvalue weighted by Crippen LogP contribution is 2.21. The van der Waals surface area contributed by atoms with E-state index in [4.69, 9.17) is 0 Å². The molecule has 0 saturated heterocycles. The molecular formula is C23H27N5O2S. The van der Waals surface area contributed by atoms with Gasteiger partial charge in [-0.3, -0.25) is 9.59 Å². The Morgan fingerprint density at radius 2 is 1.77 bits per heavy atom. The molecule has 3 aromatic rings. The summed E-state index contributed by atoms with van der Waals surface area (Å²) in [6.07, 6.45) is 0. The molecule has 3 rings (SSSR count). The molecule has 162 valence electrons. The third-order valence-electron chi connectivity index (χ3n) is 4.78. The molecule has 0 aliphatic heterocycles. The van der Waals surface area contributed by atoms with Crippen LogP contribution in [0.25, 0.3) is 0 Å². The Kier molecular flexibility index (Phi) is 7.83. The van der Waals surface area contributed by atoms with E-state index in [0.717, 1.165) is 11.1 Å². The van der Waals surface area contributed by atoms with E-state index in [2.05, 4.69) is 20.8 Å². The molecule has 0 fully saturated rings. The van der Waals surface area contributed by atoms with Crippen molar-refractivity contribution >= 4 is 23.6 Å². The maximum atomic E-state index is 12.5. The summed E-state index contributed by atoms with van der Waals surface area (Å²) >= 11 is 1.33. The monoisotopic (exact) mass is 437 g/mol. The Morgan fingerprint density at radius 1 is 1.06 bits per heavy atom. The number of carbonyl (C=O) groups is 2. The first-order chi connectivity index (χ1) is 15.0. The van der Waals surface area contributed by atoms with Crippen LogP contribution in [0.1, 0.15) is 47.2 Å². The number of rotatable bonds is 9. The normalized spacial score (nSPS) is 11.7. The van der Waals surface area contributed by atoms with Gasteiger partial charge in [-0.25, -0.2) is 0 Å². The number of aromatic nitrogens is 3. The second-order valence-electron chi connectivity index (χ2n) is 7.20. The van der Waals surface area contributed by atoms with Gasteiger partial charge in [-0.05, 0) is 38.5 Å². The van der Waals surface area contributed by atoms with Gasteiger partial charge in [-0.2, -0.15) is 0 Å². The van der Waals surface area contributed by atoms with E-state index < -0.39 is 0 Å². The highest BCUT2D eigenvalue weighted by molar-refractivity contribution is 7.99. The van der Waals surface area contributed by atoms with Gasteiger partial charge in [0.15, 0.2) is 11.0 Å².